The largest absolute Gasteiger partial charge is 0.280 e. The Morgan fingerprint density at radius 3 is 2.60 bits per heavy atom. The Labute approximate surface area is 91.0 Å². The quantitative estimate of drug-likeness (QED) is 0.451. The molecule has 0 amide bonds. The van der Waals surface area contributed by atoms with Gasteiger partial charge in [0.15, 0.2) is 0 Å². The number of halogens is 1. The van der Waals surface area contributed by atoms with Crippen molar-refractivity contribution in [1.82, 2.24) is 0 Å². The van der Waals surface area contributed by atoms with Gasteiger partial charge in [-0.15, -0.1) is 0 Å². The van der Waals surface area contributed by atoms with Crippen molar-refractivity contribution >= 4 is 22.5 Å². The van der Waals surface area contributed by atoms with Crippen molar-refractivity contribution in [2.45, 2.75) is 18.3 Å². The summed E-state index contributed by atoms with van der Waals surface area (Å²) in [5, 5.41) is 10.1. The zero-order valence-electron chi connectivity index (χ0n) is 7.77. The standard InChI is InChI=1S/C10H8ClNO3/c11-9(13)10(4-5-10)7-2-1-3-8(6-7)12(14)15/h1-3,6H,4-5H2. The zero-order valence-corrected chi connectivity index (χ0v) is 8.53. The third kappa shape index (κ3) is 1.61. The van der Waals surface area contributed by atoms with Gasteiger partial charge >= 0.3 is 0 Å². The Morgan fingerprint density at radius 2 is 2.13 bits per heavy atom. The normalized spacial score (nSPS) is 17.1. The Bertz CT molecular complexity index is 440. The van der Waals surface area contributed by atoms with E-state index in [-0.39, 0.29) is 5.69 Å². The monoisotopic (exact) mass is 225 g/mol. The summed E-state index contributed by atoms with van der Waals surface area (Å²) >= 11 is 5.49. The van der Waals surface area contributed by atoms with Crippen LogP contribution in [-0.2, 0) is 10.2 Å². The first kappa shape index (κ1) is 10.1. The van der Waals surface area contributed by atoms with Gasteiger partial charge in [0.25, 0.3) is 5.69 Å². The number of non-ortho nitro benzene ring substituents is 1. The van der Waals surface area contributed by atoms with Gasteiger partial charge in [0.2, 0.25) is 5.24 Å². The van der Waals surface area contributed by atoms with Gasteiger partial charge in [-0.25, -0.2) is 0 Å². The number of nitrogens with zero attached hydrogens (tertiary/aromatic N) is 1. The van der Waals surface area contributed by atoms with Crippen LogP contribution in [0, 0.1) is 10.1 Å². The molecule has 0 radical (unpaired) electrons. The summed E-state index contributed by atoms with van der Waals surface area (Å²) in [6.45, 7) is 0. The van der Waals surface area contributed by atoms with Crippen LogP contribution in [0.3, 0.4) is 0 Å². The Morgan fingerprint density at radius 1 is 1.47 bits per heavy atom. The Kier molecular flexibility index (Phi) is 2.23. The summed E-state index contributed by atoms with van der Waals surface area (Å²) in [5.74, 6) is 0. The van der Waals surface area contributed by atoms with E-state index >= 15 is 0 Å². The number of carbonyl (C=O) groups is 1. The summed E-state index contributed by atoms with van der Waals surface area (Å²) in [5.41, 5.74) is -0.0125. The molecule has 78 valence electrons. The second-order valence-corrected chi connectivity index (χ2v) is 4.01. The third-order valence-electron chi connectivity index (χ3n) is 2.74. The molecule has 0 heterocycles. The van der Waals surface area contributed by atoms with E-state index in [1.807, 2.05) is 0 Å². The fraction of sp³-hybridized carbons (Fsp3) is 0.300. The van der Waals surface area contributed by atoms with Gasteiger partial charge in [0.05, 0.1) is 10.3 Å². The first-order valence-electron chi connectivity index (χ1n) is 4.51. The van der Waals surface area contributed by atoms with Crippen molar-refractivity contribution < 1.29 is 9.72 Å². The molecular formula is C10H8ClNO3. The van der Waals surface area contributed by atoms with Gasteiger partial charge in [-0.05, 0) is 30.0 Å². The molecule has 1 aromatic rings. The van der Waals surface area contributed by atoms with Crippen molar-refractivity contribution in [2.24, 2.45) is 0 Å². The molecule has 1 saturated carbocycles. The number of hydrogen-bond acceptors (Lipinski definition) is 3. The minimum absolute atomic E-state index is 0.00306. The lowest BCUT2D eigenvalue weighted by Crippen LogP contribution is -2.14. The van der Waals surface area contributed by atoms with E-state index in [1.165, 1.54) is 12.1 Å². The Balaban J connectivity index is 2.42. The van der Waals surface area contributed by atoms with Crippen LogP contribution in [0.25, 0.3) is 0 Å². The van der Waals surface area contributed by atoms with Gasteiger partial charge in [-0.3, -0.25) is 14.9 Å². The van der Waals surface area contributed by atoms with E-state index in [2.05, 4.69) is 0 Å². The van der Waals surface area contributed by atoms with Crippen LogP contribution in [-0.4, -0.2) is 10.2 Å². The average molecular weight is 226 g/mol. The number of hydrogen-bond donors (Lipinski definition) is 0. The lowest BCUT2D eigenvalue weighted by atomic mass is 9.97. The maximum atomic E-state index is 11.2. The predicted molar refractivity (Wildman–Crippen MR) is 54.9 cm³/mol. The van der Waals surface area contributed by atoms with Gasteiger partial charge in [-0.1, -0.05) is 12.1 Å². The highest BCUT2D eigenvalue weighted by molar-refractivity contribution is 6.66. The van der Waals surface area contributed by atoms with Crippen LogP contribution >= 0.6 is 11.6 Å². The van der Waals surface area contributed by atoms with Gasteiger partial charge in [0.1, 0.15) is 0 Å². The van der Waals surface area contributed by atoms with Crippen LogP contribution in [0.4, 0.5) is 5.69 Å². The molecule has 0 spiro atoms. The molecule has 0 atom stereocenters. The topological polar surface area (TPSA) is 60.2 Å². The highest BCUT2D eigenvalue weighted by Crippen LogP contribution is 2.50. The van der Waals surface area contributed by atoms with Crippen LogP contribution < -0.4 is 0 Å². The molecule has 0 N–H and O–H groups in total. The number of carbonyl (C=O) groups excluding carboxylic acids is 1. The highest BCUT2D eigenvalue weighted by Gasteiger charge is 2.50. The van der Waals surface area contributed by atoms with E-state index < -0.39 is 15.6 Å². The predicted octanol–water partition coefficient (Wildman–Crippen LogP) is 2.39. The second kappa shape index (κ2) is 3.31. The molecule has 2 rings (SSSR count). The number of nitro groups is 1. The van der Waals surface area contributed by atoms with Crippen LogP contribution in [0.1, 0.15) is 18.4 Å². The van der Waals surface area contributed by atoms with Gasteiger partial charge in [0, 0.05) is 12.1 Å². The molecule has 4 nitrogen and oxygen atoms in total. The van der Waals surface area contributed by atoms with E-state index in [0.29, 0.717) is 18.4 Å². The smallest absolute Gasteiger partial charge is 0.269 e. The zero-order chi connectivity index (χ0) is 11.1. The summed E-state index contributed by atoms with van der Waals surface area (Å²) < 4.78 is 0. The summed E-state index contributed by atoms with van der Waals surface area (Å²) in [6, 6.07) is 6.11. The molecule has 0 aliphatic heterocycles. The molecule has 1 aliphatic carbocycles. The molecule has 0 unspecified atom stereocenters. The molecule has 1 fully saturated rings. The lowest BCUT2D eigenvalue weighted by Gasteiger charge is -2.09. The van der Waals surface area contributed by atoms with Crippen molar-refractivity contribution in [3.8, 4) is 0 Å². The number of benzene rings is 1. The van der Waals surface area contributed by atoms with Gasteiger partial charge in [-0.2, -0.15) is 0 Å². The average Bonchev–Trinajstić information content (AvgIpc) is 2.98. The minimum atomic E-state index is -0.659. The fourth-order valence-electron chi connectivity index (χ4n) is 1.64. The van der Waals surface area contributed by atoms with Crippen molar-refractivity contribution in [3.05, 3.63) is 39.9 Å². The molecule has 5 heteroatoms. The van der Waals surface area contributed by atoms with Crippen LogP contribution in [0.15, 0.2) is 24.3 Å². The fourth-order valence-corrected chi connectivity index (χ4v) is 1.94. The molecule has 15 heavy (non-hydrogen) atoms. The number of nitro benzene ring substituents is 1. The maximum absolute atomic E-state index is 11.2. The van der Waals surface area contributed by atoms with Crippen molar-refractivity contribution in [2.75, 3.05) is 0 Å². The summed E-state index contributed by atoms with van der Waals surface area (Å²) in [6.07, 6.45) is 1.35. The molecule has 1 aliphatic rings. The van der Waals surface area contributed by atoms with Crippen LogP contribution in [0.5, 0.6) is 0 Å². The first-order chi connectivity index (χ1) is 7.06. The van der Waals surface area contributed by atoms with Crippen LogP contribution in [0.2, 0.25) is 0 Å². The van der Waals surface area contributed by atoms with Crippen molar-refractivity contribution in [1.29, 1.82) is 0 Å². The maximum Gasteiger partial charge on any atom is 0.269 e. The first-order valence-corrected chi connectivity index (χ1v) is 4.89. The second-order valence-electron chi connectivity index (χ2n) is 3.66. The van der Waals surface area contributed by atoms with E-state index in [9.17, 15) is 14.9 Å². The Hall–Kier alpha value is -1.42. The molecule has 1 aromatic carbocycles. The molecule has 0 saturated heterocycles. The molecule has 0 bridgehead atoms. The number of rotatable bonds is 3. The van der Waals surface area contributed by atoms with Gasteiger partial charge < -0.3 is 0 Å². The molecular weight excluding hydrogens is 218 g/mol. The third-order valence-corrected chi connectivity index (χ3v) is 3.10. The molecule has 0 aromatic heterocycles. The minimum Gasteiger partial charge on any atom is -0.280 e. The van der Waals surface area contributed by atoms with E-state index in [0.717, 1.165) is 0 Å². The summed E-state index contributed by atoms with van der Waals surface area (Å²) in [7, 11) is 0. The SMILES string of the molecule is O=C(Cl)C1(c2cccc([N+](=O)[O-])c2)CC1. The highest BCUT2D eigenvalue weighted by atomic mass is 35.5. The lowest BCUT2D eigenvalue weighted by molar-refractivity contribution is -0.384. The van der Waals surface area contributed by atoms with E-state index in [1.54, 1.807) is 12.1 Å². The summed E-state index contributed by atoms with van der Waals surface area (Å²) in [4.78, 5) is 21.3. The van der Waals surface area contributed by atoms with E-state index in [4.69, 9.17) is 11.6 Å². The van der Waals surface area contributed by atoms with Crippen molar-refractivity contribution in [3.63, 3.8) is 0 Å².